The molecular formula is C8H8F3NO2. The molecule has 0 atom stereocenters. The molecule has 0 unspecified atom stereocenters. The molecule has 0 aromatic carbocycles. The molecule has 0 saturated heterocycles. The maximum Gasteiger partial charge on any atom is 0.449 e. The van der Waals surface area contributed by atoms with Crippen molar-refractivity contribution in [1.29, 1.82) is 0 Å². The van der Waals surface area contributed by atoms with Gasteiger partial charge in [0.05, 0.1) is 6.54 Å². The van der Waals surface area contributed by atoms with Gasteiger partial charge >= 0.3 is 6.18 Å². The van der Waals surface area contributed by atoms with E-state index in [0.717, 1.165) is 12.1 Å². The number of alkyl halides is 3. The molecule has 14 heavy (non-hydrogen) atoms. The lowest BCUT2D eigenvalue weighted by atomic mass is 10.3. The smallest absolute Gasteiger partial charge is 0.448 e. The quantitative estimate of drug-likeness (QED) is 0.767. The van der Waals surface area contributed by atoms with E-state index in [1.165, 1.54) is 7.05 Å². The summed E-state index contributed by atoms with van der Waals surface area (Å²) in [5.74, 6) is -1.95. The van der Waals surface area contributed by atoms with Crippen LogP contribution in [-0.2, 0) is 6.18 Å². The number of carbonyl (C=O) groups is 1. The lowest BCUT2D eigenvalue weighted by Crippen LogP contribution is -2.18. The van der Waals surface area contributed by atoms with Crippen LogP contribution in [0, 0.1) is 0 Å². The number of ketones is 1. The maximum atomic E-state index is 12.0. The highest BCUT2D eigenvalue weighted by Crippen LogP contribution is 2.30. The first-order chi connectivity index (χ1) is 6.45. The zero-order valence-corrected chi connectivity index (χ0v) is 7.31. The van der Waals surface area contributed by atoms with Crippen molar-refractivity contribution in [2.45, 2.75) is 6.18 Å². The number of hydrogen-bond acceptors (Lipinski definition) is 3. The predicted octanol–water partition coefficient (Wildman–Crippen LogP) is 1.70. The van der Waals surface area contributed by atoms with E-state index in [-0.39, 0.29) is 12.3 Å². The second kappa shape index (κ2) is 3.83. The second-order valence-electron chi connectivity index (χ2n) is 2.62. The molecule has 0 aliphatic heterocycles. The van der Waals surface area contributed by atoms with Gasteiger partial charge in [-0.05, 0) is 19.2 Å². The largest absolute Gasteiger partial charge is 0.449 e. The Morgan fingerprint density at radius 2 is 2.14 bits per heavy atom. The average molecular weight is 207 g/mol. The highest BCUT2D eigenvalue weighted by atomic mass is 19.4. The van der Waals surface area contributed by atoms with E-state index in [4.69, 9.17) is 0 Å². The van der Waals surface area contributed by atoms with Crippen molar-refractivity contribution < 1.29 is 22.4 Å². The Labute approximate surface area is 77.9 Å². The third-order valence-corrected chi connectivity index (χ3v) is 1.50. The number of hydrogen-bond donors (Lipinski definition) is 1. The summed E-state index contributed by atoms with van der Waals surface area (Å²) in [6.45, 7) is -0.0508. The fraction of sp³-hybridized carbons (Fsp3) is 0.375. The fourth-order valence-electron chi connectivity index (χ4n) is 0.888. The molecule has 0 radical (unpaired) electrons. The van der Waals surface area contributed by atoms with E-state index in [9.17, 15) is 18.0 Å². The first-order valence-electron chi connectivity index (χ1n) is 3.80. The van der Waals surface area contributed by atoms with Gasteiger partial charge in [0.25, 0.3) is 0 Å². The van der Waals surface area contributed by atoms with E-state index < -0.39 is 17.7 Å². The summed E-state index contributed by atoms with van der Waals surface area (Å²) >= 11 is 0. The number of Topliss-reactive ketones (excluding diaryl/α,β-unsaturated/α-hetero) is 1. The minimum absolute atomic E-state index is 0.0508. The van der Waals surface area contributed by atoms with Crippen LogP contribution >= 0.6 is 0 Å². The van der Waals surface area contributed by atoms with Crippen molar-refractivity contribution in [1.82, 2.24) is 5.32 Å². The molecule has 0 amide bonds. The van der Waals surface area contributed by atoms with E-state index >= 15 is 0 Å². The van der Waals surface area contributed by atoms with Gasteiger partial charge in [-0.3, -0.25) is 4.79 Å². The van der Waals surface area contributed by atoms with Gasteiger partial charge in [-0.15, -0.1) is 0 Å². The Morgan fingerprint density at radius 1 is 1.50 bits per heavy atom. The zero-order chi connectivity index (χ0) is 10.8. The van der Waals surface area contributed by atoms with Crippen LogP contribution in [0.25, 0.3) is 0 Å². The summed E-state index contributed by atoms with van der Waals surface area (Å²) in [5, 5.41) is 2.52. The van der Waals surface area contributed by atoms with Crippen LogP contribution in [0.5, 0.6) is 0 Å². The lowest BCUT2D eigenvalue weighted by Gasteiger charge is -2.00. The first-order valence-corrected chi connectivity index (χ1v) is 3.80. The molecule has 1 aromatic heterocycles. The molecule has 1 N–H and O–H groups in total. The van der Waals surface area contributed by atoms with Crippen molar-refractivity contribution in [2.75, 3.05) is 13.6 Å². The number of likely N-dealkylation sites (N-methyl/N-ethyl adjacent to an activating group) is 1. The van der Waals surface area contributed by atoms with Gasteiger partial charge in [-0.1, -0.05) is 0 Å². The van der Waals surface area contributed by atoms with Crippen LogP contribution in [0.1, 0.15) is 16.3 Å². The lowest BCUT2D eigenvalue weighted by molar-refractivity contribution is -0.153. The molecule has 0 aliphatic rings. The van der Waals surface area contributed by atoms with E-state index in [1.54, 1.807) is 0 Å². The normalized spacial score (nSPS) is 11.7. The third-order valence-electron chi connectivity index (χ3n) is 1.50. The van der Waals surface area contributed by atoms with Crippen LogP contribution in [0.15, 0.2) is 16.5 Å². The zero-order valence-electron chi connectivity index (χ0n) is 7.31. The van der Waals surface area contributed by atoms with Crippen molar-refractivity contribution in [3.63, 3.8) is 0 Å². The summed E-state index contributed by atoms with van der Waals surface area (Å²) in [6, 6.07) is 1.76. The van der Waals surface area contributed by atoms with Crippen molar-refractivity contribution in [3.05, 3.63) is 23.7 Å². The van der Waals surface area contributed by atoms with Gasteiger partial charge in [-0.25, -0.2) is 0 Å². The highest BCUT2D eigenvalue weighted by molar-refractivity contribution is 5.95. The molecule has 0 saturated carbocycles. The number of furan rings is 1. The summed E-state index contributed by atoms with van der Waals surface area (Å²) in [4.78, 5) is 11.1. The third kappa shape index (κ3) is 2.35. The maximum absolute atomic E-state index is 12.0. The minimum Gasteiger partial charge on any atom is -0.448 e. The highest BCUT2D eigenvalue weighted by Gasteiger charge is 2.35. The Balaban J connectivity index is 2.83. The van der Waals surface area contributed by atoms with Crippen molar-refractivity contribution >= 4 is 5.78 Å². The molecule has 0 fully saturated rings. The molecule has 78 valence electrons. The van der Waals surface area contributed by atoms with Gasteiger partial charge in [0.2, 0.25) is 11.5 Å². The average Bonchev–Trinajstić information content (AvgIpc) is 2.51. The number of rotatable bonds is 3. The van der Waals surface area contributed by atoms with E-state index in [2.05, 4.69) is 9.73 Å². The standard InChI is InChI=1S/C8H8F3NO2/c1-12-4-5(13)6-2-3-7(14-6)8(9,10)11/h2-3,12H,4H2,1H3. The first kappa shape index (κ1) is 10.8. The Kier molecular flexibility index (Phi) is 2.95. The molecule has 1 aromatic rings. The number of halogens is 3. The summed E-state index contributed by atoms with van der Waals surface area (Å²) in [5.41, 5.74) is 0. The Morgan fingerprint density at radius 3 is 2.57 bits per heavy atom. The Hall–Kier alpha value is -1.30. The monoisotopic (exact) mass is 207 g/mol. The van der Waals surface area contributed by atoms with Gasteiger partial charge in [0.1, 0.15) is 0 Å². The minimum atomic E-state index is -4.54. The number of nitrogens with one attached hydrogen (secondary N) is 1. The van der Waals surface area contributed by atoms with Crippen LogP contribution in [0.2, 0.25) is 0 Å². The molecular weight excluding hydrogens is 199 g/mol. The predicted molar refractivity (Wildman–Crippen MR) is 42.0 cm³/mol. The van der Waals surface area contributed by atoms with Crippen LogP contribution in [0.3, 0.4) is 0 Å². The molecule has 0 bridgehead atoms. The molecule has 1 heterocycles. The van der Waals surface area contributed by atoms with Crippen molar-refractivity contribution in [3.8, 4) is 0 Å². The Bertz CT molecular complexity index is 330. The summed E-state index contributed by atoms with van der Waals surface area (Å²) in [7, 11) is 1.52. The van der Waals surface area contributed by atoms with Crippen LogP contribution in [-0.4, -0.2) is 19.4 Å². The summed E-state index contributed by atoms with van der Waals surface area (Å²) in [6.07, 6.45) is -4.54. The van der Waals surface area contributed by atoms with E-state index in [0.29, 0.717) is 0 Å². The van der Waals surface area contributed by atoms with Gasteiger partial charge < -0.3 is 9.73 Å². The fourth-order valence-corrected chi connectivity index (χ4v) is 0.888. The molecule has 3 nitrogen and oxygen atoms in total. The van der Waals surface area contributed by atoms with Crippen LogP contribution in [0.4, 0.5) is 13.2 Å². The molecule has 1 rings (SSSR count). The topological polar surface area (TPSA) is 42.2 Å². The van der Waals surface area contributed by atoms with Gasteiger partial charge in [0, 0.05) is 0 Å². The van der Waals surface area contributed by atoms with Gasteiger partial charge in [-0.2, -0.15) is 13.2 Å². The SMILES string of the molecule is CNCC(=O)c1ccc(C(F)(F)F)o1. The van der Waals surface area contributed by atoms with Crippen molar-refractivity contribution in [2.24, 2.45) is 0 Å². The van der Waals surface area contributed by atoms with E-state index in [1.807, 2.05) is 0 Å². The molecule has 0 aliphatic carbocycles. The number of carbonyl (C=O) groups excluding carboxylic acids is 1. The molecule has 0 spiro atoms. The molecule has 6 heteroatoms. The second-order valence-corrected chi connectivity index (χ2v) is 2.62. The van der Waals surface area contributed by atoms with Gasteiger partial charge in [0.15, 0.2) is 5.76 Å². The summed E-state index contributed by atoms with van der Waals surface area (Å²) < 4.78 is 40.4. The van der Waals surface area contributed by atoms with Crippen LogP contribution < -0.4 is 5.32 Å².